The monoisotopic (exact) mass is 446 g/mol. The van der Waals surface area contributed by atoms with Crippen molar-refractivity contribution in [2.24, 2.45) is 0 Å². The molecule has 1 aliphatic heterocycles. The standard InChI is InChI=1S/C22H26N2O6S/c1-16-13-24(14-17(2)30-16)31(27,28)20-10-6-9-19(11-20)22(26)29-15-21(25)23-12-18-7-4-3-5-8-18/h3-11,16-17H,12-15H2,1-2H3,(H,23,25)/t16-,17-/m0/s1. The highest BCUT2D eigenvalue weighted by molar-refractivity contribution is 7.89. The van der Waals surface area contributed by atoms with Gasteiger partial charge in [0.2, 0.25) is 10.0 Å². The number of hydrogen-bond donors (Lipinski definition) is 1. The molecule has 2 atom stereocenters. The van der Waals surface area contributed by atoms with Crippen molar-refractivity contribution in [3.05, 3.63) is 65.7 Å². The van der Waals surface area contributed by atoms with Crippen molar-refractivity contribution in [1.29, 1.82) is 0 Å². The summed E-state index contributed by atoms with van der Waals surface area (Å²) < 4.78 is 38.0. The Morgan fingerprint density at radius 3 is 2.42 bits per heavy atom. The first-order valence-electron chi connectivity index (χ1n) is 9.99. The van der Waals surface area contributed by atoms with Gasteiger partial charge in [0.15, 0.2) is 6.61 Å². The molecule has 0 radical (unpaired) electrons. The van der Waals surface area contributed by atoms with Crippen molar-refractivity contribution in [2.45, 2.75) is 37.5 Å². The summed E-state index contributed by atoms with van der Waals surface area (Å²) in [7, 11) is -3.79. The van der Waals surface area contributed by atoms with Crippen LogP contribution in [0.5, 0.6) is 0 Å². The summed E-state index contributed by atoms with van der Waals surface area (Å²) >= 11 is 0. The fourth-order valence-electron chi connectivity index (χ4n) is 3.32. The number of benzene rings is 2. The van der Waals surface area contributed by atoms with Gasteiger partial charge in [0.05, 0.1) is 22.7 Å². The Hall–Kier alpha value is -2.75. The van der Waals surface area contributed by atoms with Crippen LogP contribution in [-0.4, -0.2) is 56.5 Å². The molecular formula is C22H26N2O6S. The smallest absolute Gasteiger partial charge is 0.338 e. The number of hydrogen-bond acceptors (Lipinski definition) is 6. The maximum atomic E-state index is 13.0. The van der Waals surface area contributed by atoms with Crippen molar-refractivity contribution in [3.63, 3.8) is 0 Å². The lowest BCUT2D eigenvalue weighted by Gasteiger charge is -2.34. The van der Waals surface area contributed by atoms with E-state index in [1.165, 1.54) is 28.6 Å². The number of carbonyl (C=O) groups is 2. The summed E-state index contributed by atoms with van der Waals surface area (Å²) in [6.07, 6.45) is -0.442. The molecule has 1 heterocycles. The summed E-state index contributed by atoms with van der Waals surface area (Å²) in [5.41, 5.74) is 0.984. The number of esters is 1. The van der Waals surface area contributed by atoms with E-state index < -0.39 is 28.5 Å². The molecule has 1 N–H and O–H groups in total. The van der Waals surface area contributed by atoms with Crippen LogP contribution in [0.4, 0.5) is 0 Å². The number of rotatable bonds is 7. The van der Waals surface area contributed by atoms with Gasteiger partial charge in [-0.05, 0) is 37.6 Å². The van der Waals surface area contributed by atoms with E-state index in [1.54, 1.807) is 0 Å². The highest BCUT2D eigenvalue weighted by Gasteiger charge is 2.32. The molecule has 0 saturated carbocycles. The molecule has 2 aromatic carbocycles. The maximum absolute atomic E-state index is 13.0. The molecule has 31 heavy (non-hydrogen) atoms. The third kappa shape index (κ3) is 6.13. The first-order valence-corrected chi connectivity index (χ1v) is 11.4. The first-order chi connectivity index (χ1) is 14.8. The van der Waals surface area contributed by atoms with Crippen molar-refractivity contribution in [3.8, 4) is 0 Å². The lowest BCUT2D eigenvalue weighted by molar-refractivity contribution is -0.124. The van der Waals surface area contributed by atoms with Gasteiger partial charge in [0.1, 0.15) is 0 Å². The first kappa shape index (κ1) is 22.9. The number of nitrogens with zero attached hydrogens (tertiary/aromatic N) is 1. The summed E-state index contributed by atoms with van der Waals surface area (Å²) in [5.74, 6) is -1.21. The maximum Gasteiger partial charge on any atom is 0.338 e. The third-order valence-corrected chi connectivity index (χ3v) is 6.59. The fourth-order valence-corrected chi connectivity index (χ4v) is 4.96. The fraction of sp³-hybridized carbons (Fsp3) is 0.364. The van der Waals surface area contributed by atoms with E-state index in [2.05, 4.69) is 5.32 Å². The second kappa shape index (κ2) is 10.0. The van der Waals surface area contributed by atoms with E-state index in [-0.39, 0.29) is 35.8 Å². The molecule has 9 heteroatoms. The predicted octanol–water partition coefficient (Wildman–Crippen LogP) is 1.96. The van der Waals surface area contributed by atoms with Gasteiger partial charge in [0, 0.05) is 19.6 Å². The zero-order valence-corrected chi connectivity index (χ0v) is 18.3. The average Bonchev–Trinajstić information content (AvgIpc) is 2.76. The van der Waals surface area contributed by atoms with E-state index >= 15 is 0 Å². The van der Waals surface area contributed by atoms with Crippen molar-refractivity contribution in [1.82, 2.24) is 9.62 Å². The Kier molecular flexibility index (Phi) is 7.42. The van der Waals surface area contributed by atoms with E-state index in [4.69, 9.17) is 9.47 Å². The Morgan fingerprint density at radius 2 is 1.74 bits per heavy atom. The van der Waals surface area contributed by atoms with Gasteiger partial charge < -0.3 is 14.8 Å². The molecule has 3 rings (SSSR count). The Morgan fingerprint density at radius 1 is 1.06 bits per heavy atom. The molecule has 1 amide bonds. The Bertz CT molecular complexity index is 1020. The summed E-state index contributed by atoms with van der Waals surface area (Å²) in [6, 6.07) is 15.0. The van der Waals surface area contributed by atoms with Crippen LogP contribution >= 0.6 is 0 Å². The van der Waals surface area contributed by atoms with Gasteiger partial charge in [-0.1, -0.05) is 36.4 Å². The van der Waals surface area contributed by atoms with Crippen LogP contribution in [0, 0.1) is 0 Å². The summed E-state index contributed by atoms with van der Waals surface area (Å²) in [5, 5.41) is 2.66. The normalized spacial score (nSPS) is 19.5. The topological polar surface area (TPSA) is 102 Å². The van der Waals surface area contributed by atoms with Crippen LogP contribution in [0.25, 0.3) is 0 Å². The molecule has 2 aromatic rings. The highest BCUT2D eigenvalue weighted by atomic mass is 32.2. The van der Waals surface area contributed by atoms with E-state index in [0.717, 1.165) is 5.56 Å². The van der Waals surface area contributed by atoms with Gasteiger partial charge in [0.25, 0.3) is 5.91 Å². The number of nitrogens with one attached hydrogen (secondary N) is 1. The minimum absolute atomic E-state index is 0.00298. The molecule has 0 spiro atoms. The second-order valence-electron chi connectivity index (χ2n) is 7.45. The molecule has 166 valence electrons. The SMILES string of the molecule is C[C@H]1CN(S(=O)(=O)c2cccc(C(=O)OCC(=O)NCc3ccccc3)c2)C[C@H](C)O1. The number of carbonyl (C=O) groups excluding carboxylic acids is 2. The largest absolute Gasteiger partial charge is 0.452 e. The van der Waals surface area contributed by atoms with Crippen molar-refractivity contribution >= 4 is 21.9 Å². The number of amides is 1. The van der Waals surface area contributed by atoms with Gasteiger partial charge in [-0.15, -0.1) is 0 Å². The van der Waals surface area contributed by atoms with Crippen LogP contribution in [0.2, 0.25) is 0 Å². The van der Waals surface area contributed by atoms with Crippen LogP contribution in [0.1, 0.15) is 29.8 Å². The Labute approximate surface area is 182 Å². The number of morpholine rings is 1. The minimum atomic E-state index is -3.79. The van der Waals surface area contributed by atoms with E-state index in [1.807, 2.05) is 44.2 Å². The summed E-state index contributed by atoms with van der Waals surface area (Å²) in [4.78, 5) is 24.3. The third-order valence-electron chi connectivity index (χ3n) is 4.76. The molecule has 8 nitrogen and oxygen atoms in total. The van der Waals surface area contributed by atoms with Crippen molar-refractivity contribution < 1.29 is 27.5 Å². The van der Waals surface area contributed by atoms with Crippen molar-refractivity contribution in [2.75, 3.05) is 19.7 Å². The second-order valence-corrected chi connectivity index (χ2v) is 9.38. The van der Waals surface area contributed by atoms with Gasteiger partial charge in [-0.2, -0.15) is 4.31 Å². The zero-order valence-electron chi connectivity index (χ0n) is 17.5. The molecule has 0 aromatic heterocycles. The molecule has 1 saturated heterocycles. The van der Waals surface area contributed by atoms with Gasteiger partial charge in [-0.3, -0.25) is 4.79 Å². The van der Waals surface area contributed by atoms with E-state index in [9.17, 15) is 18.0 Å². The lowest BCUT2D eigenvalue weighted by Crippen LogP contribution is -2.48. The van der Waals surface area contributed by atoms with Crippen LogP contribution in [0.15, 0.2) is 59.5 Å². The van der Waals surface area contributed by atoms with Gasteiger partial charge in [-0.25, -0.2) is 13.2 Å². The van der Waals surface area contributed by atoms with Crippen LogP contribution < -0.4 is 5.32 Å². The molecule has 1 fully saturated rings. The molecule has 0 aliphatic carbocycles. The molecule has 1 aliphatic rings. The highest BCUT2D eigenvalue weighted by Crippen LogP contribution is 2.22. The lowest BCUT2D eigenvalue weighted by atomic mass is 10.2. The Balaban J connectivity index is 1.60. The number of ether oxygens (including phenoxy) is 2. The minimum Gasteiger partial charge on any atom is -0.452 e. The average molecular weight is 447 g/mol. The van der Waals surface area contributed by atoms with E-state index in [0.29, 0.717) is 6.54 Å². The predicted molar refractivity (Wildman–Crippen MR) is 114 cm³/mol. The van der Waals surface area contributed by atoms with Crippen LogP contribution in [-0.2, 0) is 30.8 Å². The summed E-state index contributed by atoms with van der Waals surface area (Å²) in [6.45, 7) is 3.97. The number of sulfonamides is 1. The molecular weight excluding hydrogens is 420 g/mol. The van der Waals surface area contributed by atoms with Gasteiger partial charge >= 0.3 is 5.97 Å². The zero-order chi connectivity index (χ0) is 22.4. The quantitative estimate of drug-likeness (QED) is 0.653. The van der Waals surface area contributed by atoms with Crippen LogP contribution in [0.3, 0.4) is 0 Å². The molecule has 0 bridgehead atoms. The molecule has 0 unspecified atom stereocenters.